The van der Waals surface area contributed by atoms with Crippen molar-refractivity contribution in [3.8, 4) is 17.1 Å². The van der Waals surface area contributed by atoms with E-state index >= 15 is 0 Å². The molecule has 1 aromatic carbocycles. The van der Waals surface area contributed by atoms with E-state index in [9.17, 15) is 9.90 Å². The molecule has 0 spiro atoms. The van der Waals surface area contributed by atoms with Gasteiger partial charge in [-0.05, 0) is 12.1 Å². The number of aromatic nitrogens is 3. The zero-order valence-electron chi connectivity index (χ0n) is 8.58. The van der Waals surface area contributed by atoms with E-state index in [2.05, 4.69) is 15.5 Å². The highest BCUT2D eigenvalue weighted by atomic mass is 16.3. The predicted molar refractivity (Wildman–Crippen MR) is 57.2 cm³/mol. The minimum absolute atomic E-state index is 0.100. The number of phenolic OH excluding ortho intramolecular Hbond substituents is 1. The van der Waals surface area contributed by atoms with E-state index in [1.165, 1.54) is 18.0 Å². The highest BCUT2D eigenvalue weighted by Gasteiger charge is 2.08. The quantitative estimate of drug-likeness (QED) is 0.779. The standard InChI is InChI=1S/C10H10N4O2/c1-7(15)12-14-6-11-10(13-14)8-4-2-3-5-9(8)16/h2-6,16H,1H3,(H,12,15). The van der Waals surface area contributed by atoms with Gasteiger partial charge in [0.25, 0.3) is 0 Å². The second-order valence-corrected chi connectivity index (χ2v) is 3.20. The molecule has 1 heterocycles. The summed E-state index contributed by atoms with van der Waals surface area (Å²) in [5, 5.41) is 13.6. The van der Waals surface area contributed by atoms with E-state index in [4.69, 9.17) is 0 Å². The molecule has 82 valence electrons. The monoisotopic (exact) mass is 218 g/mol. The van der Waals surface area contributed by atoms with Crippen molar-refractivity contribution in [1.82, 2.24) is 14.9 Å². The van der Waals surface area contributed by atoms with Gasteiger partial charge in [-0.3, -0.25) is 4.79 Å². The summed E-state index contributed by atoms with van der Waals surface area (Å²) in [6.07, 6.45) is 1.36. The Bertz CT molecular complexity index is 521. The Morgan fingerprint density at radius 1 is 1.44 bits per heavy atom. The molecule has 0 radical (unpaired) electrons. The van der Waals surface area contributed by atoms with Crippen molar-refractivity contribution in [1.29, 1.82) is 0 Å². The van der Waals surface area contributed by atoms with Crippen molar-refractivity contribution in [2.75, 3.05) is 5.43 Å². The van der Waals surface area contributed by atoms with Gasteiger partial charge >= 0.3 is 0 Å². The molecule has 0 saturated carbocycles. The van der Waals surface area contributed by atoms with Crippen LogP contribution in [0.15, 0.2) is 30.6 Å². The SMILES string of the molecule is CC(=O)Nn1cnc(-c2ccccc2O)n1. The molecule has 2 aromatic rings. The van der Waals surface area contributed by atoms with E-state index in [-0.39, 0.29) is 11.7 Å². The summed E-state index contributed by atoms with van der Waals surface area (Å²) in [5.41, 5.74) is 2.96. The Balaban J connectivity index is 2.32. The first kappa shape index (κ1) is 10.2. The minimum Gasteiger partial charge on any atom is -0.507 e. The molecule has 0 aliphatic carbocycles. The number of amides is 1. The normalized spacial score (nSPS) is 10.1. The number of aromatic hydroxyl groups is 1. The third kappa shape index (κ3) is 2.00. The van der Waals surface area contributed by atoms with E-state index in [1.54, 1.807) is 24.3 Å². The fraction of sp³-hybridized carbons (Fsp3) is 0.100. The van der Waals surface area contributed by atoms with E-state index < -0.39 is 0 Å². The molecule has 2 N–H and O–H groups in total. The first-order valence-corrected chi connectivity index (χ1v) is 4.64. The molecular weight excluding hydrogens is 208 g/mol. The maximum atomic E-state index is 10.8. The second kappa shape index (κ2) is 4.01. The number of phenols is 1. The fourth-order valence-electron chi connectivity index (χ4n) is 1.26. The van der Waals surface area contributed by atoms with Crippen LogP contribution < -0.4 is 5.43 Å². The van der Waals surface area contributed by atoms with Crippen LogP contribution in [0, 0.1) is 0 Å². The first-order valence-electron chi connectivity index (χ1n) is 4.64. The summed E-state index contributed by atoms with van der Waals surface area (Å²) in [5.74, 6) is 0.212. The predicted octanol–water partition coefficient (Wildman–Crippen LogP) is 0.741. The summed E-state index contributed by atoms with van der Waals surface area (Å²) >= 11 is 0. The summed E-state index contributed by atoms with van der Waals surface area (Å²) in [6.45, 7) is 1.38. The molecule has 0 saturated heterocycles. The average molecular weight is 218 g/mol. The molecule has 0 fully saturated rings. The molecule has 16 heavy (non-hydrogen) atoms. The third-order valence-electron chi connectivity index (χ3n) is 1.91. The van der Waals surface area contributed by atoms with E-state index in [1.807, 2.05) is 0 Å². The smallest absolute Gasteiger partial charge is 0.236 e. The van der Waals surface area contributed by atoms with Crippen LogP contribution in [0.2, 0.25) is 0 Å². The van der Waals surface area contributed by atoms with Crippen molar-refractivity contribution in [2.45, 2.75) is 6.92 Å². The molecule has 1 amide bonds. The van der Waals surface area contributed by atoms with Crippen molar-refractivity contribution >= 4 is 5.91 Å². The zero-order valence-corrected chi connectivity index (χ0v) is 8.58. The van der Waals surface area contributed by atoms with Gasteiger partial charge in [-0.1, -0.05) is 12.1 Å². The Hall–Kier alpha value is -2.37. The van der Waals surface area contributed by atoms with Gasteiger partial charge in [0.05, 0.1) is 5.56 Å². The minimum atomic E-state index is -0.242. The summed E-state index contributed by atoms with van der Waals surface area (Å²) in [6, 6.07) is 6.73. The molecule has 0 atom stereocenters. The summed E-state index contributed by atoms with van der Waals surface area (Å²) in [7, 11) is 0. The molecular formula is C10H10N4O2. The van der Waals surface area contributed by atoms with Gasteiger partial charge in [-0.25, -0.2) is 10.4 Å². The van der Waals surface area contributed by atoms with Gasteiger partial charge in [-0.2, -0.15) is 4.79 Å². The number of benzene rings is 1. The van der Waals surface area contributed by atoms with Crippen LogP contribution in [-0.4, -0.2) is 25.9 Å². The van der Waals surface area contributed by atoms with Gasteiger partial charge in [0, 0.05) is 6.92 Å². The summed E-state index contributed by atoms with van der Waals surface area (Å²) in [4.78, 5) is 16.0. The lowest BCUT2D eigenvalue weighted by Gasteiger charge is -1.99. The number of para-hydroxylation sites is 1. The molecule has 6 heteroatoms. The molecule has 2 rings (SSSR count). The van der Waals surface area contributed by atoms with Crippen molar-refractivity contribution in [3.63, 3.8) is 0 Å². The van der Waals surface area contributed by atoms with E-state index in [0.717, 1.165) is 0 Å². The van der Waals surface area contributed by atoms with Crippen molar-refractivity contribution in [2.24, 2.45) is 0 Å². The largest absolute Gasteiger partial charge is 0.507 e. The molecule has 0 bridgehead atoms. The van der Waals surface area contributed by atoms with Crippen molar-refractivity contribution in [3.05, 3.63) is 30.6 Å². The van der Waals surface area contributed by atoms with Gasteiger partial charge in [0.1, 0.15) is 12.1 Å². The fourth-order valence-corrected chi connectivity index (χ4v) is 1.26. The van der Waals surface area contributed by atoms with Gasteiger partial charge in [-0.15, -0.1) is 5.10 Å². The average Bonchev–Trinajstić information content (AvgIpc) is 2.66. The van der Waals surface area contributed by atoms with Crippen LogP contribution in [0.1, 0.15) is 6.92 Å². The maximum absolute atomic E-state index is 10.8. The highest BCUT2D eigenvalue weighted by Crippen LogP contribution is 2.24. The van der Waals surface area contributed by atoms with Crippen LogP contribution in [-0.2, 0) is 4.79 Å². The first-order chi connectivity index (χ1) is 7.66. The van der Waals surface area contributed by atoms with Crippen LogP contribution in [0.5, 0.6) is 5.75 Å². The lowest BCUT2D eigenvalue weighted by Crippen LogP contribution is -2.20. The molecule has 0 aliphatic heterocycles. The Morgan fingerprint density at radius 2 is 2.19 bits per heavy atom. The third-order valence-corrected chi connectivity index (χ3v) is 1.91. The Kier molecular flexibility index (Phi) is 2.55. The number of hydrogen-bond donors (Lipinski definition) is 2. The lowest BCUT2D eigenvalue weighted by atomic mass is 10.2. The molecule has 0 unspecified atom stereocenters. The van der Waals surface area contributed by atoms with Crippen LogP contribution in [0.4, 0.5) is 0 Å². The number of nitrogens with one attached hydrogen (secondary N) is 1. The molecule has 0 aliphatic rings. The topological polar surface area (TPSA) is 80.0 Å². The summed E-state index contributed by atoms with van der Waals surface area (Å²) < 4.78 is 0. The maximum Gasteiger partial charge on any atom is 0.236 e. The van der Waals surface area contributed by atoms with Gasteiger partial charge in [0.2, 0.25) is 5.91 Å². The number of hydrogen-bond acceptors (Lipinski definition) is 4. The van der Waals surface area contributed by atoms with Gasteiger partial charge < -0.3 is 5.11 Å². The lowest BCUT2D eigenvalue weighted by molar-refractivity contribution is -0.115. The second-order valence-electron chi connectivity index (χ2n) is 3.20. The van der Waals surface area contributed by atoms with Gasteiger partial charge in [0.15, 0.2) is 5.82 Å². The number of carbonyl (C=O) groups is 1. The van der Waals surface area contributed by atoms with Crippen LogP contribution in [0.25, 0.3) is 11.4 Å². The number of nitrogens with zero attached hydrogens (tertiary/aromatic N) is 3. The highest BCUT2D eigenvalue weighted by molar-refractivity contribution is 5.80. The number of rotatable bonds is 2. The Labute approximate surface area is 91.5 Å². The van der Waals surface area contributed by atoms with Crippen LogP contribution >= 0.6 is 0 Å². The van der Waals surface area contributed by atoms with Crippen LogP contribution in [0.3, 0.4) is 0 Å². The molecule has 6 nitrogen and oxygen atoms in total. The van der Waals surface area contributed by atoms with E-state index in [0.29, 0.717) is 11.4 Å². The van der Waals surface area contributed by atoms with Crippen molar-refractivity contribution < 1.29 is 9.90 Å². The zero-order chi connectivity index (χ0) is 11.5. The molecule has 1 aromatic heterocycles. The Morgan fingerprint density at radius 3 is 2.88 bits per heavy atom. The number of carbonyl (C=O) groups excluding carboxylic acids is 1.